The average Bonchev–Trinajstić information content (AvgIpc) is 2.82. The van der Waals surface area contributed by atoms with Crippen LogP contribution in [0.25, 0.3) is 0 Å². The Kier molecular flexibility index (Phi) is 6.56. The number of nitrogens with two attached hydrogens (primary N) is 1. The first-order valence-corrected chi connectivity index (χ1v) is 10.7. The predicted molar refractivity (Wildman–Crippen MR) is 124 cm³/mol. The van der Waals surface area contributed by atoms with Crippen LogP contribution in [-0.2, 0) is 11.3 Å². The molecule has 0 bridgehead atoms. The summed E-state index contributed by atoms with van der Waals surface area (Å²) < 4.78 is 14.0. The second-order valence-corrected chi connectivity index (χ2v) is 8.07. The van der Waals surface area contributed by atoms with Crippen LogP contribution in [0.4, 0.5) is 15.8 Å². The summed E-state index contributed by atoms with van der Waals surface area (Å²) in [5.41, 5.74) is 9.34. The van der Waals surface area contributed by atoms with Gasteiger partial charge in [-0.25, -0.2) is 4.39 Å². The van der Waals surface area contributed by atoms with Crippen molar-refractivity contribution in [2.45, 2.75) is 19.4 Å². The van der Waals surface area contributed by atoms with Crippen molar-refractivity contribution in [2.24, 2.45) is 5.92 Å². The van der Waals surface area contributed by atoms with Gasteiger partial charge in [-0.3, -0.25) is 20.1 Å². The van der Waals surface area contributed by atoms with E-state index in [-0.39, 0.29) is 23.4 Å². The first kappa shape index (κ1) is 21.6. The van der Waals surface area contributed by atoms with E-state index in [9.17, 15) is 9.18 Å². The van der Waals surface area contributed by atoms with E-state index < -0.39 is 0 Å². The minimum absolute atomic E-state index is 0.0746. The Morgan fingerprint density at radius 2 is 1.97 bits per heavy atom. The number of nitrogen functional groups attached to an aromatic ring is 1. The zero-order valence-electron chi connectivity index (χ0n) is 17.7. The van der Waals surface area contributed by atoms with Gasteiger partial charge in [0.15, 0.2) is 0 Å². The first-order chi connectivity index (χ1) is 15.5. The van der Waals surface area contributed by atoms with Crippen LogP contribution in [0.3, 0.4) is 0 Å². The molecule has 32 heavy (non-hydrogen) atoms. The van der Waals surface area contributed by atoms with Crippen LogP contribution in [0, 0.1) is 17.1 Å². The molecule has 1 amide bonds. The number of halogens is 1. The Hall–Kier alpha value is -3.58. The van der Waals surface area contributed by atoms with Gasteiger partial charge in [-0.15, -0.1) is 0 Å². The van der Waals surface area contributed by atoms with Crippen LogP contribution in [0.2, 0.25) is 0 Å². The van der Waals surface area contributed by atoms with Crippen molar-refractivity contribution in [3.8, 4) is 0 Å². The van der Waals surface area contributed by atoms with Gasteiger partial charge in [0.1, 0.15) is 5.82 Å². The highest BCUT2D eigenvalue weighted by Gasteiger charge is 2.26. The largest absolute Gasteiger partial charge is 0.398 e. The number of carbonyl (C=O) groups is 1. The molecule has 7 heteroatoms. The standard InChI is InChI=1S/C25H26FN5O/c26-22-6-2-1-4-18(22)15-31-13-3-5-19(16-31)25(32)30-20-7-8-23(27)21(14-20)24(28)17-9-11-29-12-10-17/h1-2,4,6-12,14,19,28H,3,5,13,15-16,27H2,(H,30,32). The average molecular weight is 432 g/mol. The number of rotatable bonds is 6. The third-order valence-electron chi connectivity index (χ3n) is 5.79. The molecule has 4 rings (SSSR count). The third kappa shape index (κ3) is 5.00. The number of carbonyl (C=O) groups excluding carboxylic acids is 1. The molecule has 0 aliphatic carbocycles. The highest BCUT2D eigenvalue weighted by Crippen LogP contribution is 2.24. The number of aromatic nitrogens is 1. The number of anilines is 2. The van der Waals surface area contributed by atoms with E-state index in [0.29, 0.717) is 41.2 Å². The Labute approximate surface area is 186 Å². The number of hydrogen-bond acceptors (Lipinski definition) is 5. The lowest BCUT2D eigenvalue weighted by molar-refractivity contribution is -0.121. The molecule has 1 saturated heterocycles. The second-order valence-electron chi connectivity index (χ2n) is 8.07. The lowest BCUT2D eigenvalue weighted by Crippen LogP contribution is -2.40. The van der Waals surface area contributed by atoms with Crippen molar-refractivity contribution in [1.29, 1.82) is 5.41 Å². The van der Waals surface area contributed by atoms with Crippen LogP contribution < -0.4 is 11.1 Å². The molecule has 1 aliphatic rings. The molecule has 4 N–H and O–H groups in total. The molecular formula is C25H26FN5O. The molecule has 3 aromatic rings. The molecule has 0 radical (unpaired) electrons. The number of hydrogen-bond donors (Lipinski definition) is 3. The Bertz CT molecular complexity index is 1120. The van der Waals surface area contributed by atoms with Crippen LogP contribution in [0.1, 0.15) is 29.5 Å². The van der Waals surface area contributed by atoms with E-state index >= 15 is 0 Å². The Balaban J connectivity index is 1.43. The van der Waals surface area contributed by atoms with Gasteiger partial charge >= 0.3 is 0 Å². The number of nitrogens with one attached hydrogen (secondary N) is 2. The zero-order chi connectivity index (χ0) is 22.5. The number of amides is 1. The van der Waals surface area contributed by atoms with Crippen LogP contribution in [-0.4, -0.2) is 34.6 Å². The predicted octanol–water partition coefficient (Wildman–Crippen LogP) is 4.07. The lowest BCUT2D eigenvalue weighted by atomic mass is 9.96. The molecule has 1 aromatic heterocycles. The van der Waals surface area contributed by atoms with E-state index in [1.165, 1.54) is 6.07 Å². The van der Waals surface area contributed by atoms with Gasteiger partial charge in [-0.05, 0) is 55.8 Å². The van der Waals surface area contributed by atoms with E-state index in [0.717, 1.165) is 19.4 Å². The van der Waals surface area contributed by atoms with Gasteiger partial charge < -0.3 is 11.1 Å². The van der Waals surface area contributed by atoms with E-state index in [4.69, 9.17) is 11.1 Å². The fourth-order valence-electron chi connectivity index (χ4n) is 4.05. The molecule has 0 saturated carbocycles. The molecule has 0 spiro atoms. The highest BCUT2D eigenvalue weighted by atomic mass is 19.1. The molecule has 1 unspecified atom stereocenters. The van der Waals surface area contributed by atoms with Crippen molar-refractivity contribution in [2.75, 3.05) is 24.1 Å². The first-order valence-electron chi connectivity index (χ1n) is 10.7. The van der Waals surface area contributed by atoms with Crippen LogP contribution >= 0.6 is 0 Å². The van der Waals surface area contributed by atoms with Crippen molar-refractivity contribution in [3.05, 3.63) is 89.5 Å². The lowest BCUT2D eigenvalue weighted by Gasteiger charge is -2.32. The van der Waals surface area contributed by atoms with Gasteiger partial charge in [-0.1, -0.05) is 18.2 Å². The van der Waals surface area contributed by atoms with Gasteiger partial charge in [0.25, 0.3) is 0 Å². The number of pyridine rings is 1. The molecular weight excluding hydrogens is 405 g/mol. The molecule has 6 nitrogen and oxygen atoms in total. The van der Waals surface area contributed by atoms with Crippen molar-refractivity contribution in [1.82, 2.24) is 9.88 Å². The molecule has 2 heterocycles. The van der Waals surface area contributed by atoms with E-state index in [1.54, 1.807) is 54.9 Å². The van der Waals surface area contributed by atoms with E-state index in [2.05, 4.69) is 15.2 Å². The summed E-state index contributed by atoms with van der Waals surface area (Å²) >= 11 is 0. The summed E-state index contributed by atoms with van der Waals surface area (Å²) in [6, 6.07) is 15.4. The topological polar surface area (TPSA) is 95.1 Å². The molecule has 1 atom stereocenters. The molecule has 164 valence electrons. The SMILES string of the molecule is N=C(c1ccncc1)c1cc(NC(=O)C2CCCN(Cc3ccccc3F)C2)ccc1N. The fourth-order valence-corrected chi connectivity index (χ4v) is 4.05. The quantitative estimate of drug-likeness (QED) is 0.405. The third-order valence-corrected chi connectivity index (χ3v) is 5.79. The normalized spacial score (nSPS) is 16.5. The van der Waals surface area contributed by atoms with Crippen LogP contribution in [0.15, 0.2) is 67.0 Å². The molecule has 1 aliphatic heterocycles. The minimum atomic E-state index is -0.217. The van der Waals surface area contributed by atoms with E-state index in [1.807, 2.05) is 6.07 Å². The molecule has 1 fully saturated rings. The second kappa shape index (κ2) is 9.70. The summed E-state index contributed by atoms with van der Waals surface area (Å²) in [5.74, 6) is -0.476. The maximum absolute atomic E-state index is 14.0. The summed E-state index contributed by atoms with van der Waals surface area (Å²) in [5, 5.41) is 11.5. The number of nitrogens with zero attached hydrogens (tertiary/aromatic N) is 2. The monoisotopic (exact) mass is 431 g/mol. The minimum Gasteiger partial charge on any atom is -0.398 e. The smallest absolute Gasteiger partial charge is 0.228 e. The van der Waals surface area contributed by atoms with Gasteiger partial charge in [0.05, 0.1) is 11.6 Å². The number of piperidine rings is 1. The summed E-state index contributed by atoms with van der Waals surface area (Å²) in [4.78, 5) is 19.1. The van der Waals surface area contributed by atoms with Gasteiger partial charge in [0, 0.05) is 53.5 Å². The number of benzene rings is 2. The van der Waals surface area contributed by atoms with Gasteiger partial charge in [-0.2, -0.15) is 0 Å². The van der Waals surface area contributed by atoms with Crippen molar-refractivity contribution < 1.29 is 9.18 Å². The maximum Gasteiger partial charge on any atom is 0.228 e. The maximum atomic E-state index is 14.0. The fraction of sp³-hybridized carbons (Fsp3) is 0.240. The number of likely N-dealkylation sites (tertiary alicyclic amines) is 1. The Morgan fingerprint density at radius 3 is 2.75 bits per heavy atom. The van der Waals surface area contributed by atoms with Crippen molar-refractivity contribution in [3.63, 3.8) is 0 Å². The highest BCUT2D eigenvalue weighted by molar-refractivity contribution is 6.14. The van der Waals surface area contributed by atoms with Crippen molar-refractivity contribution >= 4 is 23.0 Å². The molecule has 2 aromatic carbocycles. The van der Waals surface area contributed by atoms with Crippen LogP contribution in [0.5, 0.6) is 0 Å². The van der Waals surface area contributed by atoms with Gasteiger partial charge in [0.2, 0.25) is 5.91 Å². The summed E-state index contributed by atoms with van der Waals surface area (Å²) in [6.45, 7) is 1.91. The summed E-state index contributed by atoms with van der Waals surface area (Å²) in [6.07, 6.45) is 4.92. The summed E-state index contributed by atoms with van der Waals surface area (Å²) in [7, 11) is 0. The zero-order valence-corrected chi connectivity index (χ0v) is 17.7. The Morgan fingerprint density at radius 1 is 1.19 bits per heavy atom.